The van der Waals surface area contributed by atoms with Crippen molar-refractivity contribution < 1.29 is 10.2 Å². The second-order valence-corrected chi connectivity index (χ2v) is 7.37. The summed E-state index contributed by atoms with van der Waals surface area (Å²) in [5.74, 6) is 0.304. The van der Waals surface area contributed by atoms with Gasteiger partial charge in [-0.15, -0.1) is 0 Å². The van der Waals surface area contributed by atoms with Crippen LogP contribution in [0.4, 0.5) is 0 Å². The van der Waals surface area contributed by atoms with Gasteiger partial charge in [0.05, 0.1) is 6.10 Å². The van der Waals surface area contributed by atoms with Gasteiger partial charge >= 0.3 is 0 Å². The lowest BCUT2D eigenvalue weighted by molar-refractivity contribution is 0.0571. The number of hydrogen-bond donors (Lipinski definition) is 2. The first-order valence-corrected chi connectivity index (χ1v) is 9.15. The molecule has 0 aliphatic carbocycles. The minimum absolute atomic E-state index is 0.0803. The van der Waals surface area contributed by atoms with Gasteiger partial charge in [-0.05, 0) is 57.4 Å². The molecule has 2 rings (SSSR count). The van der Waals surface area contributed by atoms with Gasteiger partial charge in [0.25, 0.3) is 0 Å². The van der Waals surface area contributed by atoms with Crippen LogP contribution in [0.25, 0.3) is 0 Å². The zero-order chi connectivity index (χ0) is 18.4. The summed E-state index contributed by atoms with van der Waals surface area (Å²) in [5, 5.41) is 20.6. The summed E-state index contributed by atoms with van der Waals surface area (Å²) in [7, 11) is 0. The van der Waals surface area contributed by atoms with Crippen LogP contribution < -0.4 is 0 Å². The fraction of sp³-hybridized carbons (Fsp3) is 0.455. The van der Waals surface area contributed by atoms with Crippen LogP contribution in [-0.2, 0) is 6.42 Å². The van der Waals surface area contributed by atoms with Crippen molar-refractivity contribution in [3.05, 3.63) is 65.7 Å². The van der Waals surface area contributed by atoms with Crippen molar-refractivity contribution in [3.63, 3.8) is 0 Å². The number of hydrogen-bond acceptors (Lipinski definition) is 3. The largest absolute Gasteiger partial charge is 0.508 e. The predicted octanol–water partition coefficient (Wildman–Crippen LogP) is 4.40. The third-order valence-electron chi connectivity index (χ3n) is 4.79. The first kappa shape index (κ1) is 19.5. The number of aliphatic hydroxyl groups excluding tert-OH is 1. The van der Waals surface area contributed by atoms with Crippen LogP contribution >= 0.6 is 0 Å². The Balaban J connectivity index is 2.25. The molecule has 136 valence electrons. The molecule has 0 saturated carbocycles. The maximum absolute atomic E-state index is 11.0. The highest BCUT2D eigenvalue weighted by atomic mass is 16.3. The summed E-state index contributed by atoms with van der Waals surface area (Å²) in [6.45, 7) is 9.63. The zero-order valence-electron chi connectivity index (χ0n) is 15.8. The van der Waals surface area contributed by atoms with Crippen LogP contribution in [-0.4, -0.2) is 33.7 Å². The van der Waals surface area contributed by atoms with Crippen LogP contribution in [0, 0.1) is 5.92 Å². The number of aliphatic hydroxyl groups is 1. The molecule has 0 fully saturated rings. The summed E-state index contributed by atoms with van der Waals surface area (Å²) in [6, 6.07) is 18.1. The normalized spacial score (nSPS) is 14.2. The zero-order valence-corrected chi connectivity index (χ0v) is 15.8. The molecule has 0 saturated heterocycles. The Morgan fingerprint density at radius 3 is 1.92 bits per heavy atom. The number of phenolic OH excluding ortho intramolecular Hbond substituents is 1. The standard InChI is InChI=1S/C22H31NO2/c1-16(2)23(17(3)4)15-20(14-18-8-6-5-7-9-18)22(25)19-10-12-21(24)13-11-19/h5-13,16-17,20,22,24-25H,14-15H2,1-4H3. The number of phenols is 1. The Morgan fingerprint density at radius 2 is 1.40 bits per heavy atom. The molecular weight excluding hydrogens is 310 g/mol. The molecule has 3 heteroatoms. The van der Waals surface area contributed by atoms with E-state index in [9.17, 15) is 10.2 Å². The molecule has 0 radical (unpaired) electrons. The first-order valence-electron chi connectivity index (χ1n) is 9.15. The molecule has 0 spiro atoms. The lowest BCUT2D eigenvalue weighted by Crippen LogP contribution is -2.42. The molecule has 0 heterocycles. The van der Waals surface area contributed by atoms with Gasteiger partial charge in [0.1, 0.15) is 5.75 Å². The second-order valence-electron chi connectivity index (χ2n) is 7.37. The van der Waals surface area contributed by atoms with Gasteiger partial charge in [-0.1, -0.05) is 42.5 Å². The average Bonchev–Trinajstić information content (AvgIpc) is 2.58. The van der Waals surface area contributed by atoms with E-state index in [-0.39, 0.29) is 11.7 Å². The topological polar surface area (TPSA) is 43.7 Å². The number of aromatic hydroxyl groups is 1. The number of rotatable bonds is 8. The number of benzene rings is 2. The highest BCUT2D eigenvalue weighted by Crippen LogP contribution is 2.28. The van der Waals surface area contributed by atoms with Crippen molar-refractivity contribution in [3.8, 4) is 5.75 Å². The summed E-state index contributed by atoms with van der Waals surface area (Å²) in [6.07, 6.45) is 0.250. The molecule has 0 aromatic heterocycles. The van der Waals surface area contributed by atoms with E-state index in [1.165, 1.54) is 5.56 Å². The van der Waals surface area contributed by atoms with Crippen molar-refractivity contribution in [2.75, 3.05) is 6.54 Å². The Bertz CT molecular complexity index is 614. The molecule has 0 amide bonds. The van der Waals surface area contributed by atoms with Gasteiger partial charge in [-0.2, -0.15) is 0 Å². The van der Waals surface area contributed by atoms with Gasteiger partial charge < -0.3 is 10.2 Å². The summed E-state index contributed by atoms with van der Waals surface area (Å²) >= 11 is 0. The lowest BCUT2D eigenvalue weighted by Gasteiger charge is -2.36. The highest BCUT2D eigenvalue weighted by Gasteiger charge is 2.26. The third-order valence-corrected chi connectivity index (χ3v) is 4.79. The molecule has 3 nitrogen and oxygen atoms in total. The fourth-order valence-electron chi connectivity index (χ4n) is 3.43. The van der Waals surface area contributed by atoms with E-state index < -0.39 is 6.10 Å². The van der Waals surface area contributed by atoms with Crippen molar-refractivity contribution >= 4 is 0 Å². The Labute approximate surface area is 151 Å². The molecule has 25 heavy (non-hydrogen) atoms. The Hall–Kier alpha value is -1.84. The minimum Gasteiger partial charge on any atom is -0.508 e. The minimum atomic E-state index is -0.569. The molecule has 0 aliphatic rings. The molecule has 2 aromatic rings. The van der Waals surface area contributed by atoms with Crippen molar-refractivity contribution in [2.24, 2.45) is 5.92 Å². The van der Waals surface area contributed by atoms with Crippen LogP contribution in [0.3, 0.4) is 0 Å². The maximum Gasteiger partial charge on any atom is 0.115 e. The molecule has 2 atom stereocenters. The number of nitrogens with zero attached hydrogens (tertiary/aromatic N) is 1. The molecule has 0 aliphatic heterocycles. The summed E-state index contributed by atoms with van der Waals surface area (Å²) in [5.41, 5.74) is 2.09. The van der Waals surface area contributed by atoms with Crippen molar-refractivity contribution in [1.82, 2.24) is 4.90 Å². The van der Waals surface area contributed by atoms with E-state index in [0.29, 0.717) is 12.1 Å². The van der Waals surface area contributed by atoms with Crippen LogP contribution in [0.5, 0.6) is 5.75 Å². The van der Waals surface area contributed by atoms with Gasteiger partial charge in [-0.25, -0.2) is 0 Å². The molecule has 0 bridgehead atoms. The van der Waals surface area contributed by atoms with E-state index in [0.717, 1.165) is 18.5 Å². The Kier molecular flexibility index (Phi) is 7.03. The van der Waals surface area contributed by atoms with Gasteiger partial charge in [0.2, 0.25) is 0 Å². The Morgan fingerprint density at radius 1 is 0.840 bits per heavy atom. The quantitative estimate of drug-likeness (QED) is 0.748. The maximum atomic E-state index is 11.0. The van der Waals surface area contributed by atoms with E-state index in [2.05, 4.69) is 44.7 Å². The summed E-state index contributed by atoms with van der Waals surface area (Å²) in [4.78, 5) is 2.43. The van der Waals surface area contributed by atoms with E-state index in [1.807, 2.05) is 30.3 Å². The molecule has 2 N–H and O–H groups in total. The third kappa shape index (κ3) is 5.58. The average molecular weight is 341 g/mol. The first-order chi connectivity index (χ1) is 11.9. The second kappa shape index (κ2) is 9.02. The molecule has 2 aromatic carbocycles. The van der Waals surface area contributed by atoms with E-state index >= 15 is 0 Å². The van der Waals surface area contributed by atoms with Gasteiger partial charge in [-0.3, -0.25) is 4.90 Å². The highest BCUT2D eigenvalue weighted by molar-refractivity contribution is 5.28. The van der Waals surface area contributed by atoms with Gasteiger partial charge in [0, 0.05) is 24.5 Å². The van der Waals surface area contributed by atoms with E-state index in [4.69, 9.17) is 0 Å². The van der Waals surface area contributed by atoms with E-state index in [1.54, 1.807) is 12.1 Å². The van der Waals surface area contributed by atoms with Gasteiger partial charge in [0.15, 0.2) is 0 Å². The summed E-state index contributed by atoms with van der Waals surface area (Å²) < 4.78 is 0. The van der Waals surface area contributed by atoms with Crippen LogP contribution in [0.2, 0.25) is 0 Å². The van der Waals surface area contributed by atoms with Crippen LogP contribution in [0.1, 0.15) is 44.9 Å². The molecule has 2 unspecified atom stereocenters. The monoisotopic (exact) mass is 341 g/mol. The van der Waals surface area contributed by atoms with Crippen molar-refractivity contribution in [1.29, 1.82) is 0 Å². The van der Waals surface area contributed by atoms with Crippen LogP contribution in [0.15, 0.2) is 54.6 Å². The molecular formula is C22H31NO2. The lowest BCUT2D eigenvalue weighted by atomic mass is 9.88. The predicted molar refractivity (Wildman–Crippen MR) is 104 cm³/mol. The smallest absolute Gasteiger partial charge is 0.115 e. The van der Waals surface area contributed by atoms with Crippen molar-refractivity contribution in [2.45, 2.75) is 52.3 Å². The fourth-order valence-corrected chi connectivity index (χ4v) is 3.43. The SMILES string of the molecule is CC(C)N(CC(Cc1ccccc1)C(O)c1ccc(O)cc1)C(C)C.